The number of hydrogen-bond donors (Lipinski definition) is 1. The Morgan fingerprint density at radius 2 is 1.95 bits per heavy atom. The van der Waals surface area contributed by atoms with E-state index < -0.39 is 15.8 Å². The second-order valence-corrected chi connectivity index (χ2v) is 8.19. The molecule has 0 amide bonds. The number of nitrogens with two attached hydrogens (primary N) is 1. The van der Waals surface area contributed by atoms with Gasteiger partial charge in [-0.3, -0.25) is 0 Å². The number of benzene rings is 1. The molecular weight excluding hydrogens is 361 g/mol. The molecule has 118 valence electrons. The second-order valence-electron chi connectivity index (χ2n) is 5.37. The lowest BCUT2D eigenvalue weighted by Gasteiger charge is -2.34. The van der Waals surface area contributed by atoms with Gasteiger partial charge in [0.15, 0.2) is 5.82 Å². The zero-order valence-corrected chi connectivity index (χ0v) is 14.4. The number of hydrogen-bond acceptors (Lipinski definition) is 4. The van der Waals surface area contributed by atoms with E-state index in [1.165, 1.54) is 23.5 Å². The molecule has 0 unspecified atom stereocenters. The smallest absolute Gasteiger partial charge is 0.246 e. The van der Waals surface area contributed by atoms with Crippen LogP contribution in [0.4, 0.5) is 10.1 Å². The minimum atomic E-state index is -3.90. The summed E-state index contributed by atoms with van der Waals surface area (Å²) >= 11 is 3.00. The molecule has 21 heavy (non-hydrogen) atoms. The molecule has 1 heterocycles. The highest BCUT2D eigenvalue weighted by molar-refractivity contribution is 9.10. The zero-order valence-electron chi connectivity index (χ0n) is 12.0. The number of sulfonamides is 1. The zero-order chi connectivity index (χ0) is 15.8. The van der Waals surface area contributed by atoms with Gasteiger partial charge in [0, 0.05) is 18.8 Å². The molecule has 0 bridgehead atoms. The third-order valence-corrected chi connectivity index (χ3v) is 6.36. The Hall–Kier alpha value is -0.700. The van der Waals surface area contributed by atoms with E-state index in [0.29, 0.717) is 0 Å². The van der Waals surface area contributed by atoms with E-state index >= 15 is 0 Å². The van der Waals surface area contributed by atoms with E-state index in [9.17, 15) is 12.8 Å². The number of anilines is 1. The van der Waals surface area contributed by atoms with Crippen molar-refractivity contribution in [3.8, 4) is 0 Å². The number of rotatable bonds is 3. The van der Waals surface area contributed by atoms with Crippen molar-refractivity contribution in [2.45, 2.75) is 23.8 Å². The van der Waals surface area contributed by atoms with E-state index in [2.05, 4.69) is 20.8 Å². The second kappa shape index (κ2) is 6.20. The third kappa shape index (κ3) is 3.39. The summed E-state index contributed by atoms with van der Waals surface area (Å²) in [6, 6.07) is 2.40. The SMILES string of the molecule is CN1CCC(N(C)S(=O)(=O)c2cc(N)cc(Br)c2F)CC1. The lowest BCUT2D eigenvalue weighted by atomic mass is 10.1. The molecule has 2 rings (SSSR count). The van der Waals surface area contributed by atoms with Crippen molar-refractivity contribution < 1.29 is 12.8 Å². The predicted octanol–water partition coefficient (Wildman–Crippen LogP) is 1.89. The van der Waals surface area contributed by atoms with Crippen LogP contribution in [0.25, 0.3) is 0 Å². The van der Waals surface area contributed by atoms with Crippen LogP contribution < -0.4 is 5.73 Å². The molecule has 0 saturated carbocycles. The van der Waals surface area contributed by atoms with Crippen molar-refractivity contribution in [1.82, 2.24) is 9.21 Å². The van der Waals surface area contributed by atoms with Gasteiger partial charge in [-0.05, 0) is 61.0 Å². The number of likely N-dealkylation sites (tertiary alicyclic amines) is 1. The molecule has 0 radical (unpaired) electrons. The van der Waals surface area contributed by atoms with Crippen LogP contribution in [0.5, 0.6) is 0 Å². The lowest BCUT2D eigenvalue weighted by molar-refractivity contribution is 0.197. The summed E-state index contributed by atoms with van der Waals surface area (Å²) in [6.45, 7) is 1.65. The van der Waals surface area contributed by atoms with Crippen LogP contribution in [0.15, 0.2) is 21.5 Å². The lowest BCUT2D eigenvalue weighted by Crippen LogP contribution is -2.44. The average molecular weight is 380 g/mol. The molecule has 1 aromatic carbocycles. The summed E-state index contributed by atoms with van der Waals surface area (Å²) in [4.78, 5) is 1.77. The first-order valence-electron chi connectivity index (χ1n) is 6.64. The van der Waals surface area contributed by atoms with Gasteiger partial charge in [0.2, 0.25) is 10.0 Å². The Morgan fingerprint density at radius 1 is 1.38 bits per heavy atom. The van der Waals surface area contributed by atoms with Crippen LogP contribution in [0.1, 0.15) is 12.8 Å². The highest BCUT2D eigenvalue weighted by Gasteiger charge is 2.32. The van der Waals surface area contributed by atoms with E-state index in [0.717, 1.165) is 25.9 Å². The first kappa shape index (κ1) is 16.7. The van der Waals surface area contributed by atoms with Crippen molar-refractivity contribution in [2.75, 3.05) is 32.9 Å². The minimum Gasteiger partial charge on any atom is -0.399 e. The molecule has 1 aliphatic heterocycles. The van der Waals surface area contributed by atoms with Crippen LogP contribution in [0, 0.1) is 5.82 Å². The molecule has 8 heteroatoms. The maximum Gasteiger partial charge on any atom is 0.246 e. The van der Waals surface area contributed by atoms with E-state index in [1.54, 1.807) is 0 Å². The standard InChI is InChI=1S/C13H19BrFN3O2S/c1-17-5-3-10(4-6-17)18(2)21(19,20)12-8-9(16)7-11(14)13(12)15/h7-8,10H,3-6,16H2,1-2H3. The predicted molar refractivity (Wildman–Crippen MR) is 84.0 cm³/mol. The molecule has 0 aliphatic carbocycles. The third-order valence-electron chi connectivity index (χ3n) is 3.88. The van der Waals surface area contributed by atoms with Gasteiger partial charge < -0.3 is 10.6 Å². The Morgan fingerprint density at radius 3 is 2.52 bits per heavy atom. The molecular formula is C13H19BrFN3O2S. The fourth-order valence-corrected chi connectivity index (χ4v) is 4.63. The number of nitrogens with zero attached hydrogens (tertiary/aromatic N) is 2. The molecule has 1 fully saturated rings. The monoisotopic (exact) mass is 379 g/mol. The fraction of sp³-hybridized carbons (Fsp3) is 0.538. The average Bonchev–Trinajstić information content (AvgIpc) is 2.42. The van der Waals surface area contributed by atoms with Crippen LogP contribution in [0.2, 0.25) is 0 Å². The highest BCUT2D eigenvalue weighted by Crippen LogP contribution is 2.29. The van der Waals surface area contributed by atoms with Gasteiger partial charge in [0.1, 0.15) is 4.90 Å². The maximum atomic E-state index is 14.2. The Labute approximate surface area is 133 Å². The quantitative estimate of drug-likeness (QED) is 0.814. The minimum absolute atomic E-state index is 0.0536. The maximum absolute atomic E-state index is 14.2. The summed E-state index contributed by atoms with van der Waals surface area (Å²) in [5.74, 6) is -0.802. The van der Waals surface area contributed by atoms with Gasteiger partial charge in [-0.25, -0.2) is 12.8 Å². The van der Waals surface area contributed by atoms with Gasteiger partial charge in [-0.2, -0.15) is 4.31 Å². The van der Waals surface area contributed by atoms with Gasteiger partial charge in [-0.15, -0.1) is 0 Å². The van der Waals surface area contributed by atoms with Crippen molar-refractivity contribution in [1.29, 1.82) is 0 Å². The Balaban J connectivity index is 2.34. The van der Waals surface area contributed by atoms with Crippen LogP contribution in [0.3, 0.4) is 0 Å². The van der Waals surface area contributed by atoms with Crippen molar-refractivity contribution in [3.63, 3.8) is 0 Å². The molecule has 1 aromatic rings. The summed E-state index contributed by atoms with van der Waals surface area (Å²) in [5, 5.41) is 0. The molecule has 5 nitrogen and oxygen atoms in total. The van der Waals surface area contributed by atoms with E-state index in [1.807, 2.05) is 7.05 Å². The largest absolute Gasteiger partial charge is 0.399 e. The number of nitrogen functional groups attached to an aromatic ring is 1. The van der Waals surface area contributed by atoms with Crippen molar-refractivity contribution >= 4 is 31.6 Å². The van der Waals surface area contributed by atoms with Gasteiger partial charge in [0.05, 0.1) is 4.47 Å². The van der Waals surface area contributed by atoms with Crippen molar-refractivity contribution in [3.05, 3.63) is 22.4 Å². The fourth-order valence-electron chi connectivity index (χ4n) is 2.48. The number of piperidine rings is 1. The van der Waals surface area contributed by atoms with Gasteiger partial charge in [0.25, 0.3) is 0 Å². The molecule has 1 aliphatic rings. The Kier molecular flexibility index (Phi) is 4.92. The Bertz CT molecular complexity index is 631. The highest BCUT2D eigenvalue weighted by atomic mass is 79.9. The van der Waals surface area contributed by atoms with Crippen LogP contribution in [-0.2, 0) is 10.0 Å². The normalized spacial score (nSPS) is 18.3. The van der Waals surface area contributed by atoms with E-state index in [-0.39, 0.29) is 21.1 Å². The topological polar surface area (TPSA) is 66.6 Å². The van der Waals surface area contributed by atoms with E-state index in [4.69, 9.17) is 5.73 Å². The summed E-state index contributed by atoms with van der Waals surface area (Å²) in [6.07, 6.45) is 1.47. The summed E-state index contributed by atoms with van der Waals surface area (Å²) < 4.78 is 40.7. The molecule has 0 aromatic heterocycles. The first-order valence-corrected chi connectivity index (χ1v) is 8.88. The van der Waals surface area contributed by atoms with Gasteiger partial charge >= 0.3 is 0 Å². The summed E-state index contributed by atoms with van der Waals surface area (Å²) in [7, 11) is -0.401. The summed E-state index contributed by atoms with van der Waals surface area (Å²) in [5.41, 5.74) is 5.84. The molecule has 2 N–H and O–H groups in total. The molecule has 0 atom stereocenters. The van der Waals surface area contributed by atoms with Crippen LogP contribution >= 0.6 is 15.9 Å². The van der Waals surface area contributed by atoms with Gasteiger partial charge in [-0.1, -0.05) is 0 Å². The van der Waals surface area contributed by atoms with Crippen LogP contribution in [-0.4, -0.2) is 50.8 Å². The van der Waals surface area contributed by atoms with Crippen molar-refractivity contribution in [2.24, 2.45) is 0 Å². The molecule has 0 spiro atoms. The molecule has 1 saturated heterocycles. The first-order chi connectivity index (χ1) is 9.73. The number of halogens is 2.